The van der Waals surface area contributed by atoms with Gasteiger partial charge >= 0.3 is 0 Å². The Hall–Kier alpha value is -2.25. The smallest absolute Gasteiger partial charge is 0.269 e. The predicted octanol–water partition coefficient (Wildman–Crippen LogP) is 8.51. The van der Waals surface area contributed by atoms with Crippen LogP contribution in [0.3, 0.4) is 0 Å². The summed E-state index contributed by atoms with van der Waals surface area (Å²) in [6.07, 6.45) is 5.12. The number of carbonyl (C=O) groups excluding carboxylic acids is 1. The Morgan fingerprint density at radius 3 is 2.34 bits per heavy atom. The number of aromatic nitrogens is 2. The highest BCUT2D eigenvalue weighted by atomic mass is 35.5. The van der Waals surface area contributed by atoms with Crippen molar-refractivity contribution in [2.45, 2.75) is 39.1 Å². The van der Waals surface area contributed by atoms with E-state index in [-0.39, 0.29) is 12.5 Å². The van der Waals surface area contributed by atoms with Crippen molar-refractivity contribution in [2.24, 2.45) is 0 Å². The SMILES string of the molecule is Cc1ccc(NC(=O)C(C)n2cc[n+](CC(OCc3ccc(Cl)cc3Cl)c3ccc(Cl)cc3Cl)c2)c(Cl)c1. The average molecular weight is 613 g/mol. The minimum atomic E-state index is -0.486. The maximum absolute atomic E-state index is 12.9. The summed E-state index contributed by atoms with van der Waals surface area (Å²) in [5.41, 5.74) is 3.17. The summed E-state index contributed by atoms with van der Waals surface area (Å²) < 4.78 is 10.0. The molecule has 0 aliphatic heterocycles. The Labute approximate surface area is 246 Å². The van der Waals surface area contributed by atoms with E-state index < -0.39 is 12.1 Å². The van der Waals surface area contributed by atoms with E-state index >= 15 is 0 Å². The van der Waals surface area contributed by atoms with Crippen LogP contribution in [0.4, 0.5) is 5.69 Å². The molecule has 1 amide bonds. The zero-order valence-electron chi connectivity index (χ0n) is 20.6. The number of benzene rings is 3. The highest BCUT2D eigenvalue weighted by Crippen LogP contribution is 2.31. The van der Waals surface area contributed by atoms with Crippen molar-refractivity contribution in [1.29, 1.82) is 0 Å². The first-order valence-electron chi connectivity index (χ1n) is 11.7. The van der Waals surface area contributed by atoms with Gasteiger partial charge in [-0.25, -0.2) is 9.13 Å². The standard InChI is InChI=1S/C28H24Cl5N3O2/c1-17-3-8-26(25(33)11-17)34-28(37)18(2)36-10-9-35(16-36)14-27(22-7-6-21(30)13-24(22)32)38-15-19-4-5-20(29)12-23(19)31/h3-13,16,18,27H,14-15H2,1-2H3/p+1. The molecule has 10 heteroatoms. The molecule has 0 bridgehead atoms. The molecule has 0 aliphatic carbocycles. The van der Waals surface area contributed by atoms with Crippen LogP contribution in [0.15, 0.2) is 73.3 Å². The lowest BCUT2D eigenvalue weighted by molar-refractivity contribution is -0.705. The zero-order chi connectivity index (χ0) is 27.4. The molecule has 5 nitrogen and oxygen atoms in total. The molecule has 4 aromatic rings. The van der Waals surface area contributed by atoms with Crippen LogP contribution in [-0.4, -0.2) is 10.5 Å². The number of hydrogen-bond donors (Lipinski definition) is 1. The first-order chi connectivity index (χ1) is 18.1. The fraction of sp³-hybridized carbons (Fsp3) is 0.214. The molecule has 1 heterocycles. The van der Waals surface area contributed by atoms with Crippen LogP contribution in [0, 0.1) is 6.92 Å². The third kappa shape index (κ3) is 7.23. The monoisotopic (exact) mass is 610 g/mol. The van der Waals surface area contributed by atoms with Crippen molar-refractivity contribution in [2.75, 3.05) is 5.32 Å². The lowest BCUT2D eigenvalue weighted by atomic mass is 10.1. The summed E-state index contributed by atoms with van der Waals surface area (Å²) in [6.45, 7) is 4.43. The molecule has 0 saturated carbocycles. The summed E-state index contributed by atoms with van der Waals surface area (Å²) in [7, 11) is 0. The number of amides is 1. The van der Waals surface area contributed by atoms with Crippen molar-refractivity contribution < 1.29 is 14.1 Å². The van der Waals surface area contributed by atoms with E-state index in [1.807, 2.05) is 66.0 Å². The van der Waals surface area contributed by atoms with Gasteiger partial charge in [0, 0.05) is 25.7 Å². The van der Waals surface area contributed by atoms with Gasteiger partial charge in [0.15, 0.2) is 6.04 Å². The summed E-state index contributed by atoms with van der Waals surface area (Å²) in [5.74, 6) is -0.190. The van der Waals surface area contributed by atoms with E-state index in [9.17, 15) is 4.79 Å². The largest absolute Gasteiger partial charge is 0.365 e. The Morgan fingerprint density at radius 2 is 1.66 bits per heavy atom. The molecule has 4 rings (SSSR count). The molecule has 3 aromatic carbocycles. The molecule has 0 spiro atoms. The van der Waals surface area contributed by atoms with Crippen LogP contribution < -0.4 is 9.88 Å². The molecule has 2 unspecified atom stereocenters. The molecule has 0 fully saturated rings. The highest BCUT2D eigenvalue weighted by Gasteiger charge is 2.24. The first kappa shape index (κ1) is 28.8. The van der Waals surface area contributed by atoms with Crippen LogP contribution in [-0.2, 0) is 22.7 Å². The van der Waals surface area contributed by atoms with E-state index in [2.05, 4.69) is 5.32 Å². The van der Waals surface area contributed by atoms with Crippen molar-refractivity contribution in [1.82, 2.24) is 4.57 Å². The van der Waals surface area contributed by atoms with E-state index in [1.54, 1.807) is 30.3 Å². The van der Waals surface area contributed by atoms with Gasteiger partial charge in [0.2, 0.25) is 6.33 Å². The van der Waals surface area contributed by atoms with Crippen LogP contribution >= 0.6 is 58.0 Å². The second-order valence-electron chi connectivity index (χ2n) is 8.91. The van der Waals surface area contributed by atoms with Gasteiger partial charge in [-0.2, -0.15) is 0 Å². The number of aryl methyl sites for hydroxylation is 1. The number of hydrogen-bond acceptors (Lipinski definition) is 2. The fourth-order valence-corrected chi connectivity index (χ4v) is 5.14. The molecule has 1 aromatic heterocycles. The van der Waals surface area contributed by atoms with Crippen molar-refractivity contribution >= 4 is 69.6 Å². The van der Waals surface area contributed by atoms with E-state index in [1.165, 1.54) is 0 Å². The lowest BCUT2D eigenvalue weighted by Crippen LogP contribution is -2.36. The zero-order valence-corrected chi connectivity index (χ0v) is 24.4. The van der Waals surface area contributed by atoms with Crippen LogP contribution in [0.25, 0.3) is 0 Å². The first-order valence-corrected chi connectivity index (χ1v) is 13.6. The number of anilines is 1. The van der Waals surface area contributed by atoms with Crippen molar-refractivity contribution in [3.05, 3.63) is 115 Å². The predicted molar refractivity (Wildman–Crippen MR) is 155 cm³/mol. The Morgan fingerprint density at radius 1 is 0.947 bits per heavy atom. The third-order valence-electron chi connectivity index (χ3n) is 6.06. The Bertz CT molecular complexity index is 1460. The molecule has 0 saturated heterocycles. The van der Waals surface area contributed by atoms with Crippen molar-refractivity contribution in [3.8, 4) is 0 Å². The molecule has 198 valence electrons. The molecular formula is C28H25Cl5N3O2+. The average Bonchev–Trinajstić information content (AvgIpc) is 3.32. The minimum absolute atomic E-state index is 0.190. The maximum Gasteiger partial charge on any atom is 0.269 e. The molecule has 1 N–H and O–H groups in total. The van der Waals surface area contributed by atoms with Gasteiger partial charge in [0.1, 0.15) is 25.0 Å². The number of halogens is 5. The number of nitrogens with one attached hydrogen (secondary N) is 1. The second-order valence-corrected chi connectivity index (χ2v) is 11.0. The van der Waals surface area contributed by atoms with Gasteiger partial charge in [0.25, 0.3) is 5.91 Å². The quantitative estimate of drug-likeness (QED) is 0.193. The van der Waals surface area contributed by atoms with Gasteiger partial charge in [0.05, 0.1) is 17.3 Å². The number of rotatable bonds is 9. The van der Waals surface area contributed by atoms with Crippen LogP contribution in [0.1, 0.15) is 35.8 Å². The van der Waals surface area contributed by atoms with Gasteiger partial charge < -0.3 is 10.1 Å². The fourth-order valence-electron chi connectivity index (χ4n) is 3.87. The third-order valence-corrected chi connectivity index (χ3v) is 7.52. The Balaban J connectivity index is 1.51. The molecule has 2 atom stereocenters. The number of nitrogens with zero attached hydrogens (tertiary/aromatic N) is 2. The van der Waals surface area contributed by atoms with Gasteiger partial charge in [-0.05, 0) is 61.4 Å². The van der Waals surface area contributed by atoms with E-state index in [0.717, 1.165) is 16.7 Å². The van der Waals surface area contributed by atoms with Gasteiger partial charge in [-0.1, -0.05) is 76.2 Å². The van der Waals surface area contributed by atoms with Crippen LogP contribution in [0.5, 0.6) is 0 Å². The van der Waals surface area contributed by atoms with E-state index in [0.29, 0.717) is 37.3 Å². The van der Waals surface area contributed by atoms with Gasteiger partial charge in [-0.3, -0.25) is 4.79 Å². The number of imidazole rings is 1. The molecular weight excluding hydrogens is 588 g/mol. The number of ether oxygens (including phenoxy) is 1. The Kier molecular flexibility index (Phi) is 9.64. The van der Waals surface area contributed by atoms with Gasteiger partial charge in [-0.15, -0.1) is 0 Å². The maximum atomic E-state index is 12.9. The highest BCUT2D eigenvalue weighted by molar-refractivity contribution is 6.35. The van der Waals surface area contributed by atoms with Crippen molar-refractivity contribution in [3.63, 3.8) is 0 Å². The lowest BCUT2D eigenvalue weighted by Gasteiger charge is -2.19. The molecule has 38 heavy (non-hydrogen) atoms. The molecule has 0 aliphatic rings. The number of carbonyl (C=O) groups is 1. The van der Waals surface area contributed by atoms with Crippen LogP contribution in [0.2, 0.25) is 25.1 Å². The van der Waals surface area contributed by atoms with E-state index in [4.69, 9.17) is 62.7 Å². The molecule has 0 radical (unpaired) electrons. The summed E-state index contributed by atoms with van der Waals surface area (Å²) >= 11 is 31.3. The topological polar surface area (TPSA) is 47.1 Å². The summed E-state index contributed by atoms with van der Waals surface area (Å²) in [6, 6.07) is 15.6. The minimum Gasteiger partial charge on any atom is -0.365 e. The normalized spacial score (nSPS) is 12.8. The summed E-state index contributed by atoms with van der Waals surface area (Å²) in [5, 5.41) is 5.49. The second kappa shape index (κ2) is 12.7. The summed E-state index contributed by atoms with van der Waals surface area (Å²) in [4.78, 5) is 12.9.